The van der Waals surface area contributed by atoms with E-state index < -0.39 is 5.60 Å². The Kier molecular flexibility index (Phi) is 6.62. The molecule has 0 bridgehead atoms. The number of carbonyl (C=O) groups is 1. The Hall–Kier alpha value is -0.940. The van der Waals surface area contributed by atoms with Crippen LogP contribution in [0.15, 0.2) is 5.38 Å². The lowest BCUT2D eigenvalue weighted by Gasteiger charge is -2.29. The number of rotatable bonds is 8. The van der Waals surface area contributed by atoms with Crippen LogP contribution in [-0.4, -0.2) is 28.1 Å². The summed E-state index contributed by atoms with van der Waals surface area (Å²) in [4.78, 5) is 16.1. The number of hydrogen-bond acceptors (Lipinski definition) is 4. The Morgan fingerprint density at radius 3 is 2.85 bits per heavy atom. The predicted molar refractivity (Wildman–Crippen MR) is 82.9 cm³/mol. The van der Waals surface area contributed by atoms with Crippen LogP contribution >= 0.6 is 11.3 Å². The van der Waals surface area contributed by atoms with Crippen LogP contribution in [-0.2, 0) is 11.2 Å². The molecule has 20 heavy (non-hydrogen) atoms. The summed E-state index contributed by atoms with van der Waals surface area (Å²) in [5.74, 6) is 0.168. The van der Waals surface area contributed by atoms with E-state index in [1.165, 1.54) is 0 Å². The summed E-state index contributed by atoms with van der Waals surface area (Å²) in [6.07, 6.45) is 3.00. The van der Waals surface area contributed by atoms with Crippen molar-refractivity contribution in [2.24, 2.45) is 5.92 Å². The van der Waals surface area contributed by atoms with Crippen molar-refractivity contribution in [2.45, 2.75) is 59.0 Å². The third kappa shape index (κ3) is 5.59. The van der Waals surface area contributed by atoms with Crippen LogP contribution < -0.4 is 5.32 Å². The van der Waals surface area contributed by atoms with E-state index >= 15 is 0 Å². The van der Waals surface area contributed by atoms with Gasteiger partial charge in [0.1, 0.15) is 0 Å². The Morgan fingerprint density at radius 2 is 2.30 bits per heavy atom. The largest absolute Gasteiger partial charge is 0.388 e. The van der Waals surface area contributed by atoms with Gasteiger partial charge in [0.2, 0.25) is 5.91 Å². The number of thiazole rings is 1. The highest BCUT2D eigenvalue weighted by Crippen LogP contribution is 2.18. The second-order valence-corrected chi connectivity index (χ2v) is 6.72. The second-order valence-electron chi connectivity index (χ2n) is 5.65. The van der Waals surface area contributed by atoms with E-state index in [1.54, 1.807) is 18.3 Å². The molecule has 0 aliphatic carbocycles. The first-order valence-electron chi connectivity index (χ1n) is 7.25. The fourth-order valence-corrected chi connectivity index (χ4v) is 2.58. The van der Waals surface area contributed by atoms with Gasteiger partial charge in [-0.05, 0) is 32.6 Å². The van der Waals surface area contributed by atoms with Crippen LogP contribution in [0.5, 0.6) is 0 Å². The zero-order valence-corrected chi connectivity index (χ0v) is 13.7. The molecule has 0 aliphatic heterocycles. The van der Waals surface area contributed by atoms with Gasteiger partial charge in [0, 0.05) is 18.3 Å². The van der Waals surface area contributed by atoms with Gasteiger partial charge in [0.05, 0.1) is 16.3 Å². The zero-order chi connectivity index (χ0) is 15.2. The van der Waals surface area contributed by atoms with Gasteiger partial charge in [-0.25, -0.2) is 4.98 Å². The summed E-state index contributed by atoms with van der Waals surface area (Å²) in [5.41, 5.74) is 0.225. The summed E-state index contributed by atoms with van der Waals surface area (Å²) in [5, 5.41) is 16.1. The maximum atomic E-state index is 11.8. The van der Waals surface area contributed by atoms with Gasteiger partial charge in [0.15, 0.2) is 0 Å². The molecule has 1 aromatic heterocycles. The van der Waals surface area contributed by atoms with Crippen LogP contribution in [0.2, 0.25) is 0 Å². The molecular weight excluding hydrogens is 272 g/mol. The molecule has 2 N–H and O–H groups in total. The van der Waals surface area contributed by atoms with E-state index in [2.05, 4.69) is 10.3 Å². The smallest absolute Gasteiger partial charge is 0.220 e. The zero-order valence-electron chi connectivity index (χ0n) is 12.9. The average molecular weight is 298 g/mol. The van der Waals surface area contributed by atoms with E-state index in [0.717, 1.165) is 30.0 Å². The van der Waals surface area contributed by atoms with Crippen molar-refractivity contribution in [1.82, 2.24) is 10.3 Å². The molecule has 0 aliphatic rings. The molecule has 2 atom stereocenters. The van der Waals surface area contributed by atoms with Crippen LogP contribution in [0.1, 0.15) is 50.7 Å². The minimum Gasteiger partial charge on any atom is -0.388 e. The predicted octanol–water partition coefficient (Wildman–Crippen LogP) is 2.69. The van der Waals surface area contributed by atoms with Crippen molar-refractivity contribution >= 4 is 17.2 Å². The maximum absolute atomic E-state index is 11.8. The van der Waals surface area contributed by atoms with Crippen LogP contribution in [0, 0.1) is 12.8 Å². The summed E-state index contributed by atoms with van der Waals surface area (Å²) < 4.78 is 0. The highest BCUT2D eigenvalue weighted by Gasteiger charge is 2.27. The molecular formula is C15H26N2O2S. The molecule has 2 unspecified atom stereocenters. The topological polar surface area (TPSA) is 62.2 Å². The van der Waals surface area contributed by atoms with Gasteiger partial charge >= 0.3 is 0 Å². The number of aromatic nitrogens is 1. The lowest BCUT2D eigenvalue weighted by atomic mass is 9.88. The SMILES string of the molecule is CCC(C)C(C)(O)CNC(=O)CCCc1csc(C)n1. The van der Waals surface area contributed by atoms with Crippen molar-refractivity contribution in [2.75, 3.05) is 6.54 Å². The molecule has 0 aromatic carbocycles. The van der Waals surface area contributed by atoms with Crippen LogP contribution in [0.3, 0.4) is 0 Å². The van der Waals surface area contributed by atoms with Crippen molar-refractivity contribution in [3.8, 4) is 0 Å². The Labute approximate surface area is 125 Å². The summed E-state index contributed by atoms with van der Waals surface area (Å²) in [6.45, 7) is 8.11. The first kappa shape index (κ1) is 17.1. The first-order valence-corrected chi connectivity index (χ1v) is 8.13. The fraction of sp³-hybridized carbons (Fsp3) is 0.733. The molecule has 0 radical (unpaired) electrons. The van der Waals surface area contributed by atoms with E-state index in [9.17, 15) is 9.90 Å². The maximum Gasteiger partial charge on any atom is 0.220 e. The van der Waals surface area contributed by atoms with E-state index in [-0.39, 0.29) is 11.8 Å². The minimum atomic E-state index is -0.837. The van der Waals surface area contributed by atoms with Crippen LogP contribution in [0.4, 0.5) is 0 Å². The highest BCUT2D eigenvalue weighted by molar-refractivity contribution is 7.09. The fourth-order valence-electron chi connectivity index (χ4n) is 1.93. The Balaban J connectivity index is 2.23. The number of hydrogen-bond donors (Lipinski definition) is 2. The lowest BCUT2D eigenvalue weighted by molar-refractivity contribution is -0.122. The molecule has 4 nitrogen and oxygen atoms in total. The number of amides is 1. The van der Waals surface area contributed by atoms with Gasteiger partial charge in [-0.2, -0.15) is 0 Å². The van der Waals surface area contributed by atoms with Crippen LogP contribution in [0.25, 0.3) is 0 Å². The third-order valence-electron chi connectivity index (χ3n) is 3.82. The molecule has 1 aromatic rings. The molecule has 114 valence electrons. The Morgan fingerprint density at radius 1 is 1.60 bits per heavy atom. The van der Waals surface area contributed by atoms with Gasteiger partial charge in [-0.1, -0.05) is 20.3 Å². The summed E-state index contributed by atoms with van der Waals surface area (Å²) in [7, 11) is 0. The number of aryl methyl sites for hydroxylation is 2. The van der Waals surface area contributed by atoms with E-state index in [4.69, 9.17) is 0 Å². The molecule has 0 saturated carbocycles. The third-order valence-corrected chi connectivity index (χ3v) is 4.64. The average Bonchev–Trinajstić information content (AvgIpc) is 2.81. The number of nitrogens with one attached hydrogen (secondary N) is 1. The van der Waals surface area contributed by atoms with E-state index in [1.807, 2.05) is 26.2 Å². The molecule has 0 saturated heterocycles. The number of nitrogens with zero attached hydrogens (tertiary/aromatic N) is 1. The molecule has 0 spiro atoms. The van der Waals surface area contributed by atoms with Crippen molar-refractivity contribution < 1.29 is 9.90 Å². The Bertz CT molecular complexity index is 429. The van der Waals surface area contributed by atoms with Gasteiger partial charge < -0.3 is 10.4 Å². The molecule has 1 heterocycles. The lowest BCUT2D eigenvalue weighted by Crippen LogP contribution is -2.45. The van der Waals surface area contributed by atoms with Crippen molar-refractivity contribution in [3.63, 3.8) is 0 Å². The molecule has 0 fully saturated rings. The standard InChI is InChI=1S/C15H26N2O2S/c1-5-11(2)15(4,19)10-16-14(18)8-6-7-13-9-20-12(3)17-13/h9,11,19H,5-8,10H2,1-4H3,(H,16,18). The normalized spacial score (nSPS) is 15.7. The van der Waals surface area contributed by atoms with Gasteiger partial charge in [-0.15, -0.1) is 11.3 Å². The molecule has 1 rings (SSSR count). The highest BCUT2D eigenvalue weighted by atomic mass is 32.1. The first-order chi connectivity index (χ1) is 9.35. The van der Waals surface area contributed by atoms with Crippen molar-refractivity contribution in [1.29, 1.82) is 0 Å². The number of carbonyl (C=O) groups excluding carboxylic acids is 1. The van der Waals surface area contributed by atoms with E-state index in [0.29, 0.717) is 13.0 Å². The molecule has 1 amide bonds. The second kappa shape index (κ2) is 7.74. The minimum absolute atomic E-state index is 0.000490. The monoisotopic (exact) mass is 298 g/mol. The van der Waals surface area contributed by atoms with Crippen molar-refractivity contribution in [3.05, 3.63) is 16.1 Å². The van der Waals surface area contributed by atoms with Gasteiger partial charge in [0.25, 0.3) is 0 Å². The summed E-state index contributed by atoms with van der Waals surface area (Å²) in [6, 6.07) is 0. The van der Waals surface area contributed by atoms with Gasteiger partial charge in [-0.3, -0.25) is 4.79 Å². The number of aliphatic hydroxyl groups is 1. The molecule has 5 heteroatoms. The summed E-state index contributed by atoms with van der Waals surface area (Å²) >= 11 is 1.64. The quantitative estimate of drug-likeness (QED) is 0.775.